The molecule has 0 saturated heterocycles. The highest BCUT2D eigenvalue weighted by molar-refractivity contribution is 6.12. The van der Waals surface area contributed by atoms with Gasteiger partial charge in [-0.3, -0.25) is 0 Å². The highest BCUT2D eigenvalue weighted by Gasteiger charge is 2.20. The summed E-state index contributed by atoms with van der Waals surface area (Å²) in [6.07, 6.45) is 0. The Hall–Kier alpha value is -6.85. The van der Waals surface area contributed by atoms with Crippen LogP contribution in [0.1, 0.15) is 0 Å². The molecular formula is C45H28N4O. The molecule has 0 N–H and O–H groups in total. The minimum atomic E-state index is 0.622. The molecular weight excluding hydrogens is 613 g/mol. The lowest BCUT2D eigenvalue weighted by atomic mass is 10.0. The molecule has 0 aliphatic rings. The molecule has 0 radical (unpaired) electrons. The van der Waals surface area contributed by atoms with E-state index in [2.05, 4.69) is 102 Å². The van der Waals surface area contributed by atoms with Crippen LogP contribution in [0.15, 0.2) is 174 Å². The van der Waals surface area contributed by atoms with Gasteiger partial charge in [-0.2, -0.15) is 0 Å². The Morgan fingerprint density at radius 3 is 1.70 bits per heavy atom. The van der Waals surface area contributed by atoms with Crippen molar-refractivity contribution in [3.8, 4) is 51.0 Å². The van der Waals surface area contributed by atoms with Gasteiger partial charge in [0.25, 0.3) is 0 Å². The maximum absolute atomic E-state index is 6.53. The molecule has 0 bridgehead atoms. The fourth-order valence-electron chi connectivity index (χ4n) is 7.16. The van der Waals surface area contributed by atoms with Gasteiger partial charge in [0.05, 0.1) is 16.7 Å². The second-order valence-corrected chi connectivity index (χ2v) is 12.4. The number of furan rings is 1. The van der Waals surface area contributed by atoms with Gasteiger partial charge in [0.2, 0.25) is 0 Å². The van der Waals surface area contributed by atoms with E-state index in [9.17, 15) is 0 Å². The molecule has 0 atom stereocenters. The lowest BCUT2D eigenvalue weighted by Gasteiger charge is -2.15. The summed E-state index contributed by atoms with van der Waals surface area (Å²) >= 11 is 0. The number of para-hydroxylation sites is 4. The Morgan fingerprint density at radius 1 is 0.380 bits per heavy atom. The largest absolute Gasteiger partial charge is 0.455 e. The van der Waals surface area contributed by atoms with Crippen molar-refractivity contribution in [1.82, 2.24) is 19.5 Å². The molecule has 0 unspecified atom stereocenters. The van der Waals surface area contributed by atoms with Crippen LogP contribution < -0.4 is 0 Å². The van der Waals surface area contributed by atoms with Crippen LogP contribution >= 0.6 is 0 Å². The average Bonchev–Trinajstić information content (AvgIpc) is 3.74. The standard InChI is InChI=1S/C45H28N4O/c1-3-14-29(15-4-1)43-46-44(30-16-5-2-6-17-30)48-45(47-43)31-26-27-34-32-18-7-10-23-38(32)49(40(34)28-31)39-24-11-8-19-33(39)36-21-13-22-37-35-20-9-12-25-41(35)50-42(36)37/h1-28H. The molecule has 0 spiro atoms. The number of nitrogens with zero attached hydrogens (tertiary/aromatic N) is 4. The third-order valence-electron chi connectivity index (χ3n) is 9.47. The van der Waals surface area contributed by atoms with E-state index in [1.165, 1.54) is 5.39 Å². The van der Waals surface area contributed by atoms with E-state index in [1.807, 2.05) is 72.8 Å². The van der Waals surface area contributed by atoms with Gasteiger partial charge in [0.1, 0.15) is 11.2 Å². The zero-order valence-electron chi connectivity index (χ0n) is 26.9. The summed E-state index contributed by atoms with van der Waals surface area (Å²) < 4.78 is 8.89. The van der Waals surface area contributed by atoms with Gasteiger partial charge in [0.15, 0.2) is 17.5 Å². The minimum Gasteiger partial charge on any atom is -0.455 e. The molecule has 7 aromatic carbocycles. The summed E-state index contributed by atoms with van der Waals surface area (Å²) in [6, 6.07) is 58.6. The van der Waals surface area contributed by atoms with Crippen LogP contribution in [-0.4, -0.2) is 19.5 Å². The highest BCUT2D eigenvalue weighted by atomic mass is 16.3. The first-order valence-electron chi connectivity index (χ1n) is 16.7. The molecule has 0 fully saturated rings. The Kier molecular flexibility index (Phi) is 6.42. The first-order chi connectivity index (χ1) is 24.8. The number of aromatic nitrogens is 4. The predicted octanol–water partition coefficient (Wildman–Crippen LogP) is 11.5. The van der Waals surface area contributed by atoms with E-state index in [-0.39, 0.29) is 0 Å². The molecule has 5 heteroatoms. The number of benzene rings is 7. The Balaban J connectivity index is 1.22. The summed E-state index contributed by atoms with van der Waals surface area (Å²) in [5, 5.41) is 4.55. The summed E-state index contributed by atoms with van der Waals surface area (Å²) in [4.78, 5) is 15.0. The van der Waals surface area contributed by atoms with Crippen molar-refractivity contribution in [1.29, 1.82) is 0 Å². The van der Waals surface area contributed by atoms with Crippen LogP contribution in [0.4, 0.5) is 0 Å². The quantitative estimate of drug-likeness (QED) is 0.188. The van der Waals surface area contributed by atoms with Crippen molar-refractivity contribution in [2.75, 3.05) is 0 Å². The summed E-state index contributed by atoms with van der Waals surface area (Å²) in [5.41, 5.74) is 9.95. The lowest BCUT2D eigenvalue weighted by molar-refractivity contribution is 0.670. The summed E-state index contributed by atoms with van der Waals surface area (Å²) in [5.74, 6) is 1.90. The van der Waals surface area contributed by atoms with E-state index in [4.69, 9.17) is 19.4 Å². The summed E-state index contributed by atoms with van der Waals surface area (Å²) in [7, 11) is 0. The molecule has 0 aliphatic carbocycles. The second-order valence-electron chi connectivity index (χ2n) is 12.4. The monoisotopic (exact) mass is 640 g/mol. The lowest BCUT2D eigenvalue weighted by Crippen LogP contribution is -2.01. The molecule has 3 aromatic heterocycles. The van der Waals surface area contributed by atoms with Crippen molar-refractivity contribution in [3.05, 3.63) is 170 Å². The van der Waals surface area contributed by atoms with Crippen LogP contribution in [0.5, 0.6) is 0 Å². The minimum absolute atomic E-state index is 0.622. The van der Waals surface area contributed by atoms with Crippen LogP contribution in [0.2, 0.25) is 0 Å². The van der Waals surface area contributed by atoms with Gasteiger partial charge in [-0.05, 0) is 24.3 Å². The van der Waals surface area contributed by atoms with E-state index in [1.54, 1.807) is 0 Å². The first kappa shape index (κ1) is 28.2. The van der Waals surface area contributed by atoms with Gasteiger partial charge < -0.3 is 8.98 Å². The topological polar surface area (TPSA) is 56.7 Å². The normalized spacial score (nSPS) is 11.6. The van der Waals surface area contributed by atoms with Crippen molar-refractivity contribution < 1.29 is 4.42 Å². The highest BCUT2D eigenvalue weighted by Crippen LogP contribution is 2.41. The molecule has 10 aromatic rings. The third-order valence-corrected chi connectivity index (χ3v) is 9.47. The number of hydrogen-bond acceptors (Lipinski definition) is 4. The molecule has 234 valence electrons. The van der Waals surface area contributed by atoms with Crippen molar-refractivity contribution in [2.24, 2.45) is 0 Å². The Morgan fingerprint density at radius 2 is 0.940 bits per heavy atom. The number of hydrogen-bond donors (Lipinski definition) is 0. The fourth-order valence-corrected chi connectivity index (χ4v) is 7.16. The zero-order chi connectivity index (χ0) is 33.0. The molecule has 50 heavy (non-hydrogen) atoms. The van der Waals surface area contributed by atoms with Crippen molar-refractivity contribution in [2.45, 2.75) is 0 Å². The van der Waals surface area contributed by atoms with E-state index in [0.29, 0.717) is 17.5 Å². The van der Waals surface area contributed by atoms with Crippen molar-refractivity contribution in [3.63, 3.8) is 0 Å². The van der Waals surface area contributed by atoms with Crippen molar-refractivity contribution >= 4 is 43.7 Å². The predicted molar refractivity (Wildman–Crippen MR) is 203 cm³/mol. The molecule has 3 heterocycles. The Bertz CT molecular complexity index is 2810. The maximum atomic E-state index is 6.53. The zero-order valence-corrected chi connectivity index (χ0v) is 26.9. The molecule has 5 nitrogen and oxygen atoms in total. The van der Waals surface area contributed by atoms with Crippen LogP contribution in [0.3, 0.4) is 0 Å². The third kappa shape index (κ3) is 4.52. The van der Waals surface area contributed by atoms with Crippen LogP contribution in [0, 0.1) is 0 Å². The van der Waals surface area contributed by atoms with E-state index < -0.39 is 0 Å². The van der Waals surface area contributed by atoms with Crippen LogP contribution in [0.25, 0.3) is 94.7 Å². The van der Waals surface area contributed by atoms with Gasteiger partial charge in [-0.1, -0.05) is 146 Å². The second kappa shape index (κ2) is 11.4. The molecule has 10 rings (SSSR count). The van der Waals surface area contributed by atoms with Gasteiger partial charge in [-0.25, -0.2) is 15.0 Å². The van der Waals surface area contributed by atoms with E-state index in [0.717, 1.165) is 71.9 Å². The number of fused-ring (bicyclic) bond motifs is 6. The smallest absolute Gasteiger partial charge is 0.164 e. The molecule has 0 amide bonds. The maximum Gasteiger partial charge on any atom is 0.164 e. The first-order valence-corrected chi connectivity index (χ1v) is 16.7. The van der Waals surface area contributed by atoms with Gasteiger partial charge in [0, 0.05) is 49.4 Å². The van der Waals surface area contributed by atoms with E-state index >= 15 is 0 Å². The average molecular weight is 641 g/mol. The fraction of sp³-hybridized carbons (Fsp3) is 0. The Labute approximate surface area is 287 Å². The summed E-state index contributed by atoms with van der Waals surface area (Å²) in [6.45, 7) is 0. The van der Waals surface area contributed by atoms with Gasteiger partial charge in [-0.15, -0.1) is 0 Å². The SMILES string of the molecule is c1ccc(-c2nc(-c3ccccc3)nc(-c3ccc4c5ccccc5n(-c5ccccc5-c5cccc6c5oc5ccccc56)c4c3)n2)cc1. The van der Waals surface area contributed by atoms with Crippen LogP contribution in [-0.2, 0) is 0 Å². The van der Waals surface area contributed by atoms with Gasteiger partial charge >= 0.3 is 0 Å². The number of rotatable bonds is 5. The molecule has 0 saturated carbocycles. The molecule has 0 aliphatic heterocycles.